The minimum Gasteiger partial charge on any atom is -0.350 e. The molecule has 1 aromatic rings. The van der Waals surface area contributed by atoms with Gasteiger partial charge < -0.3 is 10.2 Å². The summed E-state index contributed by atoms with van der Waals surface area (Å²) < 4.78 is 0. The molecule has 0 bridgehead atoms. The van der Waals surface area contributed by atoms with Crippen molar-refractivity contribution in [3.63, 3.8) is 0 Å². The fraction of sp³-hybridized carbons (Fsp3) is 0.429. The molecule has 1 N–H and O–H groups in total. The van der Waals surface area contributed by atoms with Gasteiger partial charge in [0.1, 0.15) is 5.88 Å². The predicted molar refractivity (Wildman–Crippen MR) is 73.7 cm³/mol. The highest BCUT2D eigenvalue weighted by Crippen LogP contribution is 2.21. The number of benzene rings is 1. The van der Waals surface area contributed by atoms with Gasteiger partial charge in [0.15, 0.2) is 0 Å². The summed E-state index contributed by atoms with van der Waals surface area (Å²) in [6.07, 6.45) is 0.344. The summed E-state index contributed by atoms with van der Waals surface area (Å²) in [5, 5.41) is 2.79. The van der Waals surface area contributed by atoms with Crippen molar-refractivity contribution in [2.75, 3.05) is 5.88 Å². The van der Waals surface area contributed by atoms with E-state index in [0.717, 1.165) is 5.56 Å². The van der Waals surface area contributed by atoms with Crippen LogP contribution in [0.1, 0.15) is 18.9 Å². The summed E-state index contributed by atoms with van der Waals surface area (Å²) in [5.74, 6) is -0.236. The molecule has 2 rings (SSSR count). The Morgan fingerprint density at radius 2 is 2.11 bits per heavy atom. The molecule has 0 aliphatic carbocycles. The van der Waals surface area contributed by atoms with Gasteiger partial charge in [-0.05, 0) is 12.5 Å². The molecule has 4 nitrogen and oxygen atoms in total. The Bertz CT molecular complexity index is 464. The molecule has 1 heterocycles. The van der Waals surface area contributed by atoms with Crippen LogP contribution in [-0.2, 0) is 16.1 Å². The molecular weight excluding hydrogens is 264 g/mol. The zero-order valence-corrected chi connectivity index (χ0v) is 11.6. The van der Waals surface area contributed by atoms with Gasteiger partial charge in [0.05, 0.1) is 6.04 Å². The number of alkyl halides is 1. The third-order valence-electron chi connectivity index (χ3n) is 3.45. The first-order valence-electron chi connectivity index (χ1n) is 6.30. The van der Waals surface area contributed by atoms with E-state index >= 15 is 0 Å². The molecule has 1 fully saturated rings. The Hall–Kier alpha value is -1.55. The zero-order chi connectivity index (χ0) is 13.8. The molecule has 2 unspecified atom stereocenters. The predicted octanol–water partition coefficient (Wildman–Crippen LogP) is 1.53. The Morgan fingerprint density at radius 1 is 1.42 bits per heavy atom. The number of rotatable bonds is 4. The van der Waals surface area contributed by atoms with Crippen molar-refractivity contribution in [1.29, 1.82) is 0 Å². The molecule has 0 saturated carbocycles. The third-order valence-corrected chi connectivity index (χ3v) is 3.70. The summed E-state index contributed by atoms with van der Waals surface area (Å²) in [6.45, 7) is 2.53. The monoisotopic (exact) mass is 280 g/mol. The molecule has 2 amide bonds. The van der Waals surface area contributed by atoms with E-state index in [4.69, 9.17) is 11.6 Å². The molecule has 1 aliphatic rings. The topological polar surface area (TPSA) is 49.4 Å². The molecule has 2 atom stereocenters. The number of carbonyl (C=O) groups is 2. The number of hydrogen-bond acceptors (Lipinski definition) is 2. The van der Waals surface area contributed by atoms with Crippen molar-refractivity contribution in [2.24, 2.45) is 0 Å². The Kier molecular flexibility index (Phi) is 4.43. The van der Waals surface area contributed by atoms with Gasteiger partial charge in [-0.25, -0.2) is 0 Å². The SMILES string of the molecule is CC1C(NC(=O)CCl)CC(=O)N1Cc1ccccc1. The van der Waals surface area contributed by atoms with Gasteiger partial charge in [0.25, 0.3) is 0 Å². The van der Waals surface area contributed by atoms with Crippen LogP contribution in [0.4, 0.5) is 0 Å². The van der Waals surface area contributed by atoms with Crippen LogP contribution < -0.4 is 5.32 Å². The van der Waals surface area contributed by atoms with Crippen LogP contribution in [0.2, 0.25) is 0 Å². The van der Waals surface area contributed by atoms with E-state index in [1.54, 1.807) is 4.90 Å². The Labute approximate surface area is 117 Å². The fourth-order valence-electron chi connectivity index (χ4n) is 2.35. The van der Waals surface area contributed by atoms with Gasteiger partial charge in [0.2, 0.25) is 11.8 Å². The standard InChI is InChI=1S/C14H17ClN2O2/c1-10-12(16-13(18)8-15)7-14(19)17(10)9-11-5-3-2-4-6-11/h2-6,10,12H,7-9H2,1H3,(H,16,18). The van der Waals surface area contributed by atoms with Gasteiger partial charge in [0, 0.05) is 19.0 Å². The van der Waals surface area contributed by atoms with Crippen LogP contribution in [0.5, 0.6) is 0 Å². The number of likely N-dealkylation sites (tertiary alicyclic amines) is 1. The third kappa shape index (κ3) is 3.26. The number of nitrogens with one attached hydrogen (secondary N) is 1. The Morgan fingerprint density at radius 3 is 2.74 bits per heavy atom. The molecule has 0 aromatic heterocycles. The van der Waals surface area contributed by atoms with Crippen molar-refractivity contribution in [3.05, 3.63) is 35.9 Å². The van der Waals surface area contributed by atoms with E-state index < -0.39 is 0 Å². The van der Waals surface area contributed by atoms with E-state index in [0.29, 0.717) is 13.0 Å². The first kappa shape index (κ1) is 13.9. The van der Waals surface area contributed by atoms with E-state index in [9.17, 15) is 9.59 Å². The molecule has 0 radical (unpaired) electrons. The van der Waals surface area contributed by atoms with Crippen LogP contribution in [0.15, 0.2) is 30.3 Å². The van der Waals surface area contributed by atoms with Crippen LogP contribution in [-0.4, -0.2) is 34.7 Å². The highest BCUT2D eigenvalue weighted by Gasteiger charge is 2.37. The lowest BCUT2D eigenvalue weighted by Gasteiger charge is -2.25. The summed E-state index contributed by atoms with van der Waals surface area (Å²) in [4.78, 5) is 25.1. The minimum atomic E-state index is -0.229. The quantitative estimate of drug-likeness (QED) is 0.851. The number of hydrogen-bond donors (Lipinski definition) is 1. The lowest BCUT2D eigenvalue weighted by atomic mass is 10.1. The fourth-order valence-corrected chi connectivity index (χ4v) is 2.43. The summed E-state index contributed by atoms with van der Waals surface area (Å²) in [6, 6.07) is 9.67. The van der Waals surface area contributed by atoms with Gasteiger partial charge in [-0.15, -0.1) is 11.6 Å². The van der Waals surface area contributed by atoms with Crippen molar-refractivity contribution >= 4 is 23.4 Å². The number of nitrogens with zero attached hydrogens (tertiary/aromatic N) is 1. The molecule has 0 spiro atoms. The van der Waals surface area contributed by atoms with Crippen LogP contribution in [0.3, 0.4) is 0 Å². The first-order valence-corrected chi connectivity index (χ1v) is 6.84. The van der Waals surface area contributed by atoms with Crippen molar-refractivity contribution in [2.45, 2.75) is 32.0 Å². The molecule has 5 heteroatoms. The molecule has 1 saturated heterocycles. The van der Waals surface area contributed by atoms with E-state index in [1.807, 2.05) is 37.3 Å². The van der Waals surface area contributed by atoms with Crippen molar-refractivity contribution in [1.82, 2.24) is 10.2 Å². The lowest BCUT2D eigenvalue weighted by molar-refractivity contribution is -0.129. The molecule has 1 aromatic carbocycles. The van der Waals surface area contributed by atoms with Crippen LogP contribution in [0.25, 0.3) is 0 Å². The highest BCUT2D eigenvalue weighted by atomic mass is 35.5. The zero-order valence-electron chi connectivity index (χ0n) is 10.8. The van der Waals surface area contributed by atoms with Crippen molar-refractivity contribution in [3.8, 4) is 0 Å². The largest absolute Gasteiger partial charge is 0.350 e. The maximum atomic E-state index is 12.0. The summed E-state index contributed by atoms with van der Waals surface area (Å²) in [5.41, 5.74) is 1.09. The van der Waals surface area contributed by atoms with Gasteiger partial charge >= 0.3 is 0 Å². The second-order valence-corrected chi connectivity index (χ2v) is 5.03. The highest BCUT2D eigenvalue weighted by molar-refractivity contribution is 6.27. The first-order chi connectivity index (χ1) is 9.11. The maximum absolute atomic E-state index is 12.0. The number of carbonyl (C=O) groups excluding carboxylic acids is 2. The molecule has 1 aliphatic heterocycles. The smallest absolute Gasteiger partial charge is 0.235 e. The second kappa shape index (κ2) is 6.06. The normalized spacial score (nSPS) is 22.6. The molecular formula is C14H17ClN2O2. The van der Waals surface area contributed by atoms with Gasteiger partial charge in [-0.3, -0.25) is 9.59 Å². The van der Waals surface area contributed by atoms with E-state index in [2.05, 4.69) is 5.32 Å². The van der Waals surface area contributed by atoms with Gasteiger partial charge in [-0.1, -0.05) is 30.3 Å². The van der Waals surface area contributed by atoms with Crippen LogP contribution >= 0.6 is 11.6 Å². The average molecular weight is 281 g/mol. The minimum absolute atomic E-state index is 0.0140. The number of halogens is 1. The van der Waals surface area contributed by atoms with Gasteiger partial charge in [-0.2, -0.15) is 0 Å². The molecule has 102 valence electrons. The number of amides is 2. The Balaban J connectivity index is 2.02. The summed E-state index contributed by atoms with van der Waals surface area (Å²) >= 11 is 5.47. The van der Waals surface area contributed by atoms with E-state index in [1.165, 1.54) is 0 Å². The van der Waals surface area contributed by atoms with Crippen molar-refractivity contribution < 1.29 is 9.59 Å². The average Bonchev–Trinajstić information content (AvgIpc) is 2.67. The van der Waals surface area contributed by atoms with Crippen LogP contribution in [0, 0.1) is 0 Å². The lowest BCUT2D eigenvalue weighted by Crippen LogP contribution is -2.43. The molecule has 19 heavy (non-hydrogen) atoms. The van der Waals surface area contributed by atoms with E-state index in [-0.39, 0.29) is 29.8 Å². The summed E-state index contributed by atoms with van der Waals surface area (Å²) in [7, 11) is 0. The second-order valence-electron chi connectivity index (χ2n) is 4.76. The maximum Gasteiger partial charge on any atom is 0.235 e.